The molecule has 0 atom stereocenters. The predicted octanol–water partition coefficient (Wildman–Crippen LogP) is 2.05. The maximum Gasteiger partial charge on any atom is 0.314 e. The molecule has 0 amide bonds. The van der Waals surface area contributed by atoms with Crippen molar-refractivity contribution in [2.24, 2.45) is 0 Å². The van der Waals surface area contributed by atoms with Gasteiger partial charge in [0, 0.05) is 23.8 Å². The molecule has 0 saturated heterocycles. The number of likely N-dealkylation sites (N-methyl/N-ethyl adjacent to an activating group) is 1. The Hall–Kier alpha value is -1.69. The van der Waals surface area contributed by atoms with Crippen LogP contribution >= 0.6 is 0 Å². The molecule has 0 fully saturated rings. The first kappa shape index (κ1) is 14.4. The number of hydrogen-bond acceptors (Lipinski definition) is 5. The van der Waals surface area contributed by atoms with Crippen molar-refractivity contribution in [3.63, 3.8) is 0 Å². The van der Waals surface area contributed by atoms with Gasteiger partial charge in [-0.25, -0.2) is 4.98 Å². The van der Waals surface area contributed by atoms with Crippen LogP contribution in [0, 0.1) is 17.0 Å². The van der Waals surface area contributed by atoms with Gasteiger partial charge < -0.3 is 10.2 Å². The Balaban J connectivity index is 2.92. The molecule has 6 nitrogen and oxygen atoms in total. The molecule has 0 aliphatic carbocycles. The average Bonchev–Trinajstić information content (AvgIpc) is 2.25. The van der Waals surface area contributed by atoms with E-state index in [0.29, 0.717) is 17.9 Å². The molecule has 1 aromatic rings. The summed E-state index contributed by atoms with van der Waals surface area (Å²) in [5.41, 5.74) is 0.548. The molecular formula is C12H20N4O2. The van der Waals surface area contributed by atoms with Gasteiger partial charge in [0.25, 0.3) is 0 Å². The van der Waals surface area contributed by atoms with E-state index in [-0.39, 0.29) is 11.2 Å². The van der Waals surface area contributed by atoms with Gasteiger partial charge >= 0.3 is 5.69 Å². The average molecular weight is 252 g/mol. The van der Waals surface area contributed by atoms with Gasteiger partial charge in [-0.2, -0.15) is 0 Å². The fourth-order valence-corrected chi connectivity index (χ4v) is 1.37. The second-order valence-corrected chi connectivity index (χ2v) is 5.14. The van der Waals surface area contributed by atoms with Gasteiger partial charge in [-0.05, 0) is 40.9 Å². The van der Waals surface area contributed by atoms with Crippen LogP contribution in [0.4, 0.5) is 11.5 Å². The van der Waals surface area contributed by atoms with Gasteiger partial charge in [0.05, 0.1) is 4.92 Å². The molecule has 0 radical (unpaired) electrons. The van der Waals surface area contributed by atoms with Crippen LogP contribution in [0.15, 0.2) is 12.3 Å². The Morgan fingerprint density at radius 1 is 1.50 bits per heavy atom. The molecule has 1 heterocycles. The minimum absolute atomic E-state index is 0.0482. The number of hydrogen-bond donors (Lipinski definition) is 1. The third-order valence-electron chi connectivity index (χ3n) is 3.21. The topological polar surface area (TPSA) is 71.3 Å². The van der Waals surface area contributed by atoms with Crippen LogP contribution in [0.5, 0.6) is 0 Å². The van der Waals surface area contributed by atoms with Crippen LogP contribution in [-0.2, 0) is 0 Å². The molecule has 0 aromatic carbocycles. The molecule has 18 heavy (non-hydrogen) atoms. The molecule has 1 rings (SSSR count). The summed E-state index contributed by atoms with van der Waals surface area (Å²) in [7, 11) is 3.94. The molecule has 0 unspecified atom stereocenters. The number of pyridine rings is 1. The van der Waals surface area contributed by atoms with Crippen LogP contribution in [0.1, 0.15) is 19.4 Å². The fraction of sp³-hybridized carbons (Fsp3) is 0.583. The number of anilines is 1. The third-order valence-corrected chi connectivity index (χ3v) is 3.21. The first-order valence-electron chi connectivity index (χ1n) is 5.77. The number of nitrogens with zero attached hydrogens (tertiary/aromatic N) is 3. The summed E-state index contributed by atoms with van der Waals surface area (Å²) in [6.45, 7) is 6.41. The minimum atomic E-state index is -0.396. The first-order valence-corrected chi connectivity index (χ1v) is 5.77. The summed E-state index contributed by atoms with van der Waals surface area (Å²) in [6.07, 6.45) is 1.58. The number of rotatable bonds is 5. The molecule has 1 N–H and O–H groups in total. The van der Waals surface area contributed by atoms with Gasteiger partial charge in [0.1, 0.15) is 0 Å². The summed E-state index contributed by atoms with van der Waals surface area (Å²) in [4.78, 5) is 16.7. The zero-order valence-electron chi connectivity index (χ0n) is 11.5. The number of nitrogens with one attached hydrogen (secondary N) is 1. The molecule has 6 heteroatoms. The van der Waals surface area contributed by atoms with E-state index in [1.54, 1.807) is 19.2 Å². The molecule has 100 valence electrons. The second kappa shape index (κ2) is 5.30. The number of aryl methyl sites for hydroxylation is 1. The van der Waals surface area contributed by atoms with Crippen molar-refractivity contribution in [2.45, 2.75) is 26.3 Å². The van der Waals surface area contributed by atoms with Crippen molar-refractivity contribution in [3.05, 3.63) is 27.9 Å². The zero-order chi connectivity index (χ0) is 13.9. The van der Waals surface area contributed by atoms with Crippen LogP contribution in [0.2, 0.25) is 0 Å². The van der Waals surface area contributed by atoms with Gasteiger partial charge in [0.15, 0.2) is 0 Å². The Labute approximate surface area is 107 Å². The van der Waals surface area contributed by atoms with Crippen molar-refractivity contribution in [3.8, 4) is 0 Å². The van der Waals surface area contributed by atoms with E-state index in [1.807, 2.05) is 14.1 Å². The van der Waals surface area contributed by atoms with Crippen molar-refractivity contribution in [1.29, 1.82) is 0 Å². The highest BCUT2D eigenvalue weighted by Crippen LogP contribution is 2.26. The monoisotopic (exact) mass is 252 g/mol. The van der Waals surface area contributed by atoms with Gasteiger partial charge in [-0.3, -0.25) is 10.1 Å². The lowest BCUT2D eigenvalue weighted by Gasteiger charge is -2.32. The van der Waals surface area contributed by atoms with Gasteiger partial charge in [-0.15, -0.1) is 0 Å². The van der Waals surface area contributed by atoms with Crippen molar-refractivity contribution in [2.75, 3.05) is 26.0 Å². The predicted molar refractivity (Wildman–Crippen MR) is 71.9 cm³/mol. The van der Waals surface area contributed by atoms with Gasteiger partial charge in [0.2, 0.25) is 5.82 Å². The highest BCUT2D eigenvalue weighted by Gasteiger charge is 2.23. The lowest BCUT2D eigenvalue weighted by molar-refractivity contribution is -0.384. The van der Waals surface area contributed by atoms with E-state index in [9.17, 15) is 10.1 Å². The van der Waals surface area contributed by atoms with E-state index < -0.39 is 4.92 Å². The maximum atomic E-state index is 11.0. The Morgan fingerprint density at radius 2 is 2.11 bits per heavy atom. The van der Waals surface area contributed by atoms with E-state index in [1.165, 1.54) is 0 Å². The quantitative estimate of drug-likeness (QED) is 0.641. The first-order chi connectivity index (χ1) is 8.25. The maximum absolute atomic E-state index is 11.0. The molecule has 0 saturated carbocycles. The molecule has 0 bridgehead atoms. The van der Waals surface area contributed by atoms with E-state index in [0.717, 1.165) is 0 Å². The smallest absolute Gasteiger partial charge is 0.314 e. The number of aromatic nitrogens is 1. The lowest BCUT2D eigenvalue weighted by Crippen LogP contribution is -2.44. The van der Waals surface area contributed by atoms with Crippen LogP contribution < -0.4 is 5.32 Å². The minimum Gasteiger partial charge on any atom is -0.362 e. The van der Waals surface area contributed by atoms with Crippen LogP contribution in [0.3, 0.4) is 0 Å². The molecule has 0 aliphatic heterocycles. The Bertz CT molecular complexity index is 444. The van der Waals surface area contributed by atoms with Crippen molar-refractivity contribution in [1.82, 2.24) is 9.88 Å². The third kappa shape index (κ3) is 3.16. The van der Waals surface area contributed by atoms with Crippen molar-refractivity contribution < 1.29 is 4.92 Å². The standard InChI is InChI=1S/C12H20N4O2/c1-9-6-7-13-11(10(9)16(17)18)14-8-12(2,3)15(4)5/h6-7H,8H2,1-5H3,(H,13,14). The molecule has 0 spiro atoms. The van der Waals surface area contributed by atoms with E-state index in [4.69, 9.17) is 0 Å². The highest BCUT2D eigenvalue weighted by atomic mass is 16.6. The largest absolute Gasteiger partial charge is 0.362 e. The fourth-order valence-electron chi connectivity index (χ4n) is 1.37. The molecular weight excluding hydrogens is 232 g/mol. The molecule has 0 aliphatic rings. The summed E-state index contributed by atoms with van der Waals surface area (Å²) in [5.74, 6) is 0.329. The summed E-state index contributed by atoms with van der Waals surface area (Å²) < 4.78 is 0. The second-order valence-electron chi connectivity index (χ2n) is 5.14. The summed E-state index contributed by atoms with van der Waals surface area (Å²) in [5, 5.41) is 14.1. The van der Waals surface area contributed by atoms with E-state index >= 15 is 0 Å². The van der Waals surface area contributed by atoms with Crippen molar-refractivity contribution >= 4 is 11.5 Å². The summed E-state index contributed by atoms with van der Waals surface area (Å²) in [6, 6.07) is 1.64. The Kier molecular flexibility index (Phi) is 4.24. The van der Waals surface area contributed by atoms with Gasteiger partial charge in [-0.1, -0.05) is 0 Å². The Morgan fingerprint density at radius 3 is 2.61 bits per heavy atom. The lowest BCUT2D eigenvalue weighted by atomic mass is 10.0. The van der Waals surface area contributed by atoms with Crippen LogP contribution in [-0.4, -0.2) is 41.0 Å². The highest BCUT2D eigenvalue weighted by molar-refractivity contribution is 5.59. The van der Waals surface area contributed by atoms with E-state index in [2.05, 4.69) is 29.0 Å². The SMILES string of the molecule is Cc1ccnc(NCC(C)(C)N(C)C)c1[N+](=O)[O-]. The number of nitro groups is 1. The summed E-state index contributed by atoms with van der Waals surface area (Å²) >= 11 is 0. The normalized spacial score (nSPS) is 11.7. The van der Waals surface area contributed by atoms with Crippen LogP contribution in [0.25, 0.3) is 0 Å². The molecule has 1 aromatic heterocycles. The zero-order valence-corrected chi connectivity index (χ0v) is 11.5.